The zero-order chi connectivity index (χ0) is 17.4. The predicted octanol–water partition coefficient (Wildman–Crippen LogP) is 3.88. The molecule has 2 aromatic rings. The lowest BCUT2D eigenvalue weighted by molar-refractivity contribution is -0.137. The summed E-state index contributed by atoms with van der Waals surface area (Å²) in [7, 11) is 0. The van der Waals surface area contributed by atoms with Gasteiger partial charge in [0.2, 0.25) is 5.91 Å². The van der Waals surface area contributed by atoms with Gasteiger partial charge in [0.15, 0.2) is 0 Å². The number of hydrogen-bond acceptors (Lipinski definition) is 2. The Morgan fingerprint density at radius 2 is 1.71 bits per heavy atom. The van der Waals surface area contributed by atoms with Crippen LogP contribution in [0.3, 0.4) is 0 Å². The molecular weight excluding hydrogens is 309 g/mol. The molecule has 4 nitrogen and oxygen atoms in total. The van der Waals surface area contributed by atoms with E-state index < -0.39 is 5.97 Å². The summed E-state index contributed by atoms with van der Waals surface area (Å²) in [6.07, 6.45) is 4.40. The van der Waals surface area contributed by atoms with Gasteiger partial charge in [-0.3, -0.25) is 9.59 Å². The minimum absolute atomic E-state index is 0.146. The van der Waals surface area contributed by atoms with E-state index in [2.05, 4.69) is 5.32 Å². The molecule has 0 atom stereocenters. The third kappa shape index (κ3) is 6.04. The third-order valence-electron chi connectivity index (χ3n) is 3.37. The Hall–Kier alpha value is -2.95. The van der Waals surface area contributed by atoms with Crippen LogP contribution in [0.25, 0.3) is 6.08 Å². The van der Waals surface area contributed by atoms with Crippen LogP contribution in [0.4, 0.5) is 10.1 Å². The van der Waals surface area contributed by atoms with Crippen molar-refractivity contribution < 1.29 is 19.1 Å². The molecule has 0 aromatic heterocycles. The monoisotopic (exact) mass is 327 g/mol. The second kappa shape index (κ2) is 8.62. The highest BCUT2D eigenvalue weighted by Gasteiger charge is 2.01. The first-order chi connectivity index (χ1) is 11.5. The SMILES string of the molecule is O=C(O)CCCc1ccc(NC(=O)/C=C/c2ccc(F)cc2)cc1. The highest BCUT2D eigenvalue weighted by Crippen LogP contribution is 2.12. The highest BCUT2D eigenvalue weighted by molar-refractivity contribution is 6.01. The van der Waals surface area contributed by atoms with E-state index in [1.807, 2.05) is 12.1 Å². The lowest BCUT2D eigenvalue weighted by atomic mass is 10.1. The van der Waals surface area contributed by atoms with E-state index >= 15 is 0 Å². The molecule has 0 saturated carbocycles. The molecule has 0 aliphatic carbocycles. The van der Waals surface area contributed by atoms with Crippen LogP contribution in [0, 0.1) is 5.82 Å². The van der Waals surface area contributed by atoms with Gasteiger partial charge in [-0.25, -0.2) is 4.39 Å². The van der Waals surface area contributed by atoms with Crippen LogP contribution in [0.2, 0.25) is 0 Å². The summed E-state index contributed by atoms with van der Waals surface area (Å²) in [5.41, 5.74) is 2.42. The summed E-state index contributed by atoms with van der Waals surface area (Å²) >= 11 is 0. The van der Waals surface area contributed by atoms with Crippen molar-refractivity contribution >= 4 is 23.6 Å². The Labute approximate surface area is 139 Å². The van der Waals surface area contributed by atoms with E-state index in [1.165, 1.54) is 18.2 Å². The third-order valence-corrected chi connectivity index (χ3v) is 3.37. The van der Waals surface area contributed by atoms with Crippen LogP contribution in [0.15, 0.2) is 54.6 Å². The number of rotatable bonds is 7. The van der Waals surface area contributed by atoms with Gasteiger partial charge in [0.1, 0.15) is 5.82 Å². The molecule has 124 valence electrons. The van der Waals surface area contributed by atoms with Crippen LogP contribution < -0.4 is 5.32 Å². The topological polar surface area (TPSA) is 66.4 Å². The standard InChI is InChI=1S/C19H18FNO3/c20-16-9-4-15(5-10-16)8-13-18(22)21-17-11-6-14(7-12-17)2-1-3-19(23)24/h4-13H,1-3H2,(H,21,22)(H,23,24)/b13-8+. The molecule has 0 unspecified atom stereocenters. The van der Waals surface area contributed by atoms with Gasteiger partial charge in [0.05, 0.1) is 0 Å². The number of carbonyl (C=O) groups is 2. The lowest BCUT2D eigenvalue weighted by Crippen LogP contribution is -2.07. The highest BCUT2D eigenvalue weighted by atomic mass is 19.1. The maximum Gasteiger partial charge on any atom is 0.303 e. The minimum atomic E-state index is -0.799. The second-order valence-electron chi connectivity index (χ2n) is 5.32. The second-order valence-corrected chi connectivity index (χ2v) is 5.32. The van der Waals surface area contributed by atoms with E-state index in [-0.39, 0.29) is 18.1 Å². The molecule has 24 heavy (non-hydrogen) atoms. The van der Waals surface area contributed by atoms with E-state index in [0.29, 0.717) is 18.5 Å². The van der Waals surface area contributed by atoms with Crippen LogP contribution in [-0.2, 0) is 16.0 Å². The minimum Gasteiger partial charge on any atom is -0.481 e. The quantitative estimate of drug-likeness (QED) is 0.758. The number of hydrogen-bond donors (Lipinski definition) is 2. The fraction of sp³-hybridized carbons (Fsp3) is 0.158. The van der Waals surface area contributed by atoms with Crippen molar-refractivity contribution in [3.8, 4) is 0 Å². The Balaban J connectivity index is 1.85. The Bertz CT molecular complexity index is 721. The van der Waals surface area contributed by atoms with Crippen LogP contribution in [0.1, 0.15) is 24.0 Å². The van der Waals surface area contributed by atoms with Gasteiger partial charge in [-0.15, -0.1) is 0 Å². The van der Waals surface area contributed by atoms with Crippen molar-refractivity contribution in [1.29, 1.82) is 0 Å². The van der Waals surface area contributed by atoms with Gasteiger partial charge in [-0.2, -0.15) is 0 Å². The first-order valence-electron chi connectivity index (χ1n) is 7.58. The van der Waals surface area contributed by atoms with Crippen molar-refractivity contribution in [1.82, 2.24) is 0 Å². The van der Waals surface area contributed by atoms with Crippen molar-refractivity contribution in [3.05, 3.63) is 71.6 Å². The molecule has 2 aromatic carbocycles. The van der Waals surface area contributed by atoms with Gasteiger partial charge < -0.3 is 10.4 Å². The zero-order valence-electron chi connectivity index (χ0n) is 13.0. The summed E-state index contributed by atoms with van der Waals surface area (Å²) in [5.74, 6) is -1.40. The average molecular weight is 327 g/mol. The Morgan fingerprint density at radius 3 is 2.33 bits per heavy atom. The van der Waals surface area contributed by atoms with Crippen molar-refractivity contribution in [2.24, 2.45) is 0 Å². The summed E-state index contributed by atoms with van der Waals surface area (Å²) in [4.78, 5) is 22.3. The number of aryl methyl sites for hydroxylation is 1. The van der Waals surface area contributed by atoms with E-state index in [1.54, 1.807) is 30.3 Å². The number of nitrogens with one attached hydrogen (secondary N) is 1. The number of amides is 1. The summed E-state index contributed by atoms with van der Waals surface area (Å²) in [5, 5.41) is 11.3. The van der Waals surface area contributed by atoms with E-state index in [9.17, 15) is 14.0 Å². The van der Waals surface area contributed by atoms with Crippen LogP contribution in [-0.4, -0.2) is 17.0 Å². The van der Waals surface area contributed by atoms with Gasteiger partial charge in [-0.05, 0) is 54.3 Å². The molecule has 0 saturated heterocycles. The molecule has 1 amide bonds. The van der Waals surface area contributed by atoms with Crippen molar-refractivity contribution in [3.63, 3.8) is 0 Å². The zero-order valence-corrected chi connectivity index (χ0v) is 13.0. The van der Waals surface area contributed by atoms with Crippen LogP contribution in [0.5, 0.6) is 0 Å². The normalized spacial score (nSPS) is 10.7. The molecule has 5 heteroatoms. The smallest absolute Gasteiger partial charge is 0.303 e. The van der Waals surface area contributed by atoms with Gasteiger partial charge >= 0.3 is 5.97 Å². The number of carbonyl (C=O) groups excluding carboxylic acids is 1. The van der Waals surface area contributed by atoms with Crippen molar-refractivity contribution in [2.45, 2.75) is 19.3 Å². The molecule has 0 radical (unpaired) electrons. The first-order valence-corrected chi connectivity index (χ1v) is 7.58. The molecule has 0 bridgehead atoms. The molecule has 0 fully saturated rings. The summed E-state index contributed by atoms with van der Waals surface area (Å²) < 4.78 is 12.8. The number of anilines is 1. The Kier molecular flexibility index (Phi) is 6.25. The molecule has 2 N–H and O–H groups in total. The number of carboxylic acids is 1. The maximum atomic E-state index is 12.8. The number of carboxylic acid groups (broad SMARTS) is 1. The molecule has 2 rings (SSSR count). The van der Waals surface area contributed by atoms with E-state index in [0.717, 1.165) is 11.1 Å². The maximum absolute atomic E-state index is 12.8. The molecule has 0 heterocycles. The van der Waals surface area contributed by atoms with Gasteiger partial charge in [0.25, 0.3) is 0 Å². The summed E-state index contributed by atoms with van der Waals surface area (Å²) in [6.45, 7) is 0. The fourth-order valence-electron chi connectivity index (χ4n) is 2.13. The number of halogens is 1. The Morgan fingerprint density at radius 1 is 1.04 bits per heavy atom. The first kappa shape index (κ1) is 17.4. The molecule has 0 aliphatic heterocycles. The average Bonchev–Trinajstić information content (AvgIpc) is 2.56. The van der Waals surface area contributed by atoms with E-state index in [4.69, 9.17) is 5.11 Å². The fourth-order valence-corrected chi connectivity index (χ4v) is 2.13. The molecule has 0 spiro atoms. The lowest BCUT2D eigenvalue weighted by Gasteiger charge is -2.04. The van der Waals surface area contributed by atoms with Gasteiger partial charge in [0, 0.05) is 18.2 Å². The molecular formula is C19H18FNO3. The van der Waals surface area contributed by atoms with Gasteiger partial charge in [-0.1, -0.05) is 24.3 Å². The predicted molar refractivity (Wildman–Crippen MR) is 91.1 cm³/mol. The van der Waals surface area contributed by atoms with Crippen molar-refractivity contribution in [2.75, 3.05) is 5.32 Å². The number of aliphatic carboxylic acids is 1. The molecule has 0 aliphatic rings. The number of benzene rings is 2. The van der Waals surface area contributed by atoms with Crippen LogP contribution >= 0.6 is 0 Å². The largest absolute Gasteiger partial charge is 0.481 e. The summed E-state index contributed by atoms with van der Waals surface area (Å²) in [6, 6.07) is 13.1.